The largest absolute Gasteiger partial charge is 0.349 e. The van der Waals surface area contributed by atoms with E-state index in [0.717, 1.165) is 30.2 Å². The monoisotopic (exact) mass is 313 g/mol. The molecule has 0 aliphatic heterocycles. The van der Waals surface area contributed by atoms with Gasteiger partial charge in [-0.15, -0.1) is 0 Å². The predicted molar refractivity (Wildman–Crippen MR) is 78.6 cm³/mol. The Morgan fingerprint density at radius 3 is 2.56 bits per heavy atom. The van der Waals surface area contributed by atoms with E-state index in [0.29, 0.717) is 6.61 Å². The summed E-state index contributed by atoms with van der Waals surface area (Å²) < 4.78 is 11.4. The van der Waals surface area contributed by atoms with Crippen molar-refractivity contribution in [3.63, 3.8) is 0 Å². The quantitative estimate of drug-likeness (QED) is 0.499. The van der Waals surface area contributed by atoms with Gasteiger partial charge < -0.3 is 9.47 Å². The van der Waals surface area contributed by atoms with E-state index >= 15 is 0 Å². The molecule has 0 aromatic heterocycles. The van der Waals surface area contributed by atoms with E-state index in [-0.39, 0.29) is 6.10 Å². The van der Waals surface area contributed by atoms with Crippen LogP contribution in [-0.2, 0) is 16.1 Å². The average Bonchev–Trinajstić information content (AvgIpc) is 2.38. The fourth-order valence-electron chi connectivity index (χ4n) is 1.74. The lowest BCUT2D eigenvalue weighted by Crippen LogP contribution is -2.22. The molecule has 0 saturated heterocycles. The van der Waals surface area contributed by atoms with Gasteiger partial charge >= 0.3 is 0 Å². The van der Waals surface area contributed by atoms with Crippen LogP contribution >= 0.6 is 15.9 Å². The molecule has 1 aromatic carbocycles. The van der Waals surface area contributed by atoms with Crippen LogP contribution in [0.25, 0.3) is 0 Å². The fraction of sp³-hybridized carbons (Fsp3) is 0.533. The Labute approximate surface area is 119 Å². The van der Waals surface area contributed by atoms with Crippen molar-refractivity contribution in [2.45, 2.75) is 45.2 Å². The number of ether oxygens (including phenoxy) is 2. The zero-order valence-electron chi connectivity index (χ0n) is 11.0. The number of rotatable bonds is 9. The predicted octanol–water partition coefficient (Wildman–Crippen LogP) is 4.33. The van der Waals surface area contributed by atoms with Crippen molar-refractivity contribution in [3.05, 3.63) is 42.8 Å². The van der Waals surface area contributed by atoms with Crippen LogP contribution in [0.4, 0.5) is 0 Å². The third kappa shape index (κ3) is 6.53. The summed E-state index contributed by atoms with van der Waals surface area (Å²) in [5.74, 6) is 0. The molecular formula is C15H22BrO2. The molecule has 0 fully saturated rings. The lowest BCUT2D eigenvalue weighted by Gasteiger charge is -2.21. The first-order valence-electron chi connectivity index (χ1n) is 6.46. The number of hydrogen-bond donors (Lipinski definition) is 0. The van der Waals surface area contributed by atoms with Crippen LogP contribution in [0, 0.1) is 6.92 Å². The summed E-state index contributed by atoms with van der Waals surface area (Å²) >= 11 is 3.44. The SMILES string of the molecule is [CH2]C(OCc1ccccc1)OC(CCC)CCBr. The molecule has 18 heavy (non-hydrogen) atoms. The molecule has 3 heteroatoms. The van der Waals surface area contributed by atoms with Crippen molar-refractivity contribution in [2.75, 3.05) is 5.33 Å². The van der Waals surface area contributed by atoms with Crippen LogP contribution in [0.15, 0.2) is 30.3 Å². The second kappa shape index (κ2) is 9.54. The first kappa shape index (κ1) is 15.7. The maximum Gasteiger partial charge on any atom is 0.158 e. The Morgan fingerprint density at radius 2 is 1.94 bits per heavy atom. The molecule has 1 rings (SSSR count). The minimum Gasteiger partial charge on any atom is -0.349 e. The molecule has 0 aliphatic rings. The number of halogens is 1. The molecule has 2 unspecified atom stereocenters. The van der Waals surface area contributed by atoms with E-state index in [4.69, 9.17) is 9.47 Å². The summed E-state index contributed by atoms with van der Waals surface area (Å²) in [5, 5.41) is 0.947. The fourth-order valence-corrected chi connectivity index (χ4v) is 2.25. The first-order chi connectivity index (χ1) is 8.76. The molecule has 101 valence electrons. The summed E-state index contributed by atoms with van der Waals surface area (Å²) in [4.78, 5) is 0. The van der Waals surface area contributed by atoms with Crippen LogP contribution in [0.3, 0.4) is 0 Å². The van der Waals surface area contributed by atoms with Gasteiger partial charge in [-0.2, -0.15) is 0 Å². The first-order valence-corrected chi connectivity index (χ1v) is 7.58. The van der Waals surface area contributed by atoms with Gasteiger partial charge in [0.15, 0.2) is 6.29 Å². The Morgan fingerprint density at radius 1 is 1.22 bits per heavy atom. The number of alkyl halides is 1. The topological polar surface area (TPSA) is 18.5 Å². The van der Waals surface area contributed by atoms with Crippen molar-refractivity contribution in [2.24, 2.45) is 0 Å². The van der Waals surface area contributed by atoms with E-state index in [1.54, 1.807) is 0 Å². The average molecular weight is 314 g/mol. The van der Waals surface area contributed by atoms with Crippen molar-refractivity contribution < 1.29 is 9.47 Å². The van der Waals surface area contributed by atoms with Crippen molar-refractivity contribution in [1.29, 1.82) is 0 Å². The normalized spacial score (nSPS) is 14.4. The number of hydrogen-bond acceptors (Lipinski definition) is 2. The van der Waals surface area contributed by atoms with E-state index in [2.05, 4.69) is 29.8 Å². The molecule has 2 nitrogen and oxygen atoms in total. The second-order valence-corrected chi connectivity index (χ2v) is 5.04. The molecule has 0 saturated carbocycles. The minimum atomic E-state index is -0.402. The van der Waals surface area contributed by atoms with Crippen LogP contribution in [0.5, 0.6) is 0 Å². The Balaban J connectivity index is 2.29. The molecule has 0 bridgehead atoms. The van der Waals surface area contributed by atoms with Gasteiger partial charge in [0.05, 0.1) is 12.7 Å². The van der Waals surface area contributed by atoms with Crippen molar-refractivity contribution in [3.8, 4) is 0 Å². The van der Waals surface area contributed by atoms with E-state index in [1.165, 1.54) is 0 Å². The molecule has 1 aromatic rings. The van der Waals surface area contributed by atoms with Gasteiger partial charge in [0.25, 0.3) is 0 Å². The van der Waals surface area contributed by atoms with Gasteiger partial charge in [-0.3, -0.25) is 0 Å². The summed E-state index contributed by atoms with van der Waals surface area (Å²) in [6, 6.07) is 10.1. The molecule has 0 spiro atoms. The van der Waals surface area contributed by atoms with Crippen LogP contribution < -0.4 is 0 Å². The van der Waals surface area contributed by atoms with Gasteiger partial charge in [0.2, 0.25) is 0 Å². The van der Waals surface area contributed by atoms with Crippen LogP contribution in [-0.4, -0.2) is 17.7 Å². The third-order valence-electron chi connectivity index (χ3n) is 2.66. The third-order valence-corrected chi connectivity index (χ3v) is 3.12. The Bertz CT molecular complexity index is 297. The molecule has 0 N–H and O–H groups in total. The second-order valence-electron chi connectivity index (χ2n) is 4.25. The highest BCUT2D eigenvalue weighted by Crippen LogP contribution is 2.13. The maximum atomic E-state index is 5.79. The van der Waals surface area contributed by atoms with Gasteiger partial charge in [0, 0.05) is 12.3 Å². The zero-order chi connectivity index (χ0) is 13.2. The van der Waals surface area contributed by atoms with E-state index in [1.807, 2.05) is 30.3 Å². The van der Waals surface area contributed by atoms with Crippen LogP contribution in [0.2, 0.25) is 0 Å². The molecule has 2 atom stereocenters. The lowest BCUT2D eigenvalue weighted by molar-refractivity contribution is -0.152. The maximum absolute atomic E-state index is 5.79. The highest BCUT2D eigenvalue weighted by molar-refractivity contribution is 9.09. The lowest BCUT2D eigenvalue weighted by atomic mass is 10.1. The van der Waals surface area contributed by atoms with Gasteiger partial charge in [-0.05, 0) is 18.4 Å². The van der Waals surface area contributed by atoms with E-state index < -0.39 is 6.29 Å². The molecule has 0 amide bonds. The molecule has 0 aliphatic carbocycles. The van der Waals surface area contributed by atoms with Crippen LogP contribution in [0.1, 0.15) is 31.7 Å². The summed E-state index contributed by atoms with van der Waals surface area (Å²) in [5.41, 5.74) is 1.14. The minimum absolute atomic E-state index is 0.229. The number of benzene rings is 1. The van der Waals surface area contributed by atoms with Gasteiger partial charge in [-0.1, -0.05) is 59.6 Å². The molecule has 1 radical (unpaired) electrons. The van der Waals surface area contributed by atoms with Crippen molar-refractivity contribution >= 4 is 15.9 Å². The standard InChI is InChI=1S/C15H22BrO2/c1-3-7-15(10-11-16)18-13(2)17-12-14-8-5-4-6-9-14/h4-6,8-9,13,15H,2-3,7,10-12H2,1H3. The summed E-state index contributed by atoms with van der Waals surface area (Å²) in [6.07, 6.45) is 2.98. The summed E-state index contributed by atoms with van der Waals surface area (Å²) in [6.45, 7) is 6.60. The van der Waals surface area contributed by atoms with E-state index in [9.17, 15) is 0 Å². The Hall–Kier alpha value is -0.380. The van der Waals surface area contributed by atoms with Gasteiger partial charge in [-0.25, -0.2) is 0 Å². The zero-order valence-corrected chi connectivity index (χ0v) is 12.6. The van der Waals surface area contributed by atoms with Crippen molar-refractivity contribution in [1.82, 2.24) is 0 Å². The molecule has 0 heterocycles. The Kier molecular flexibility index (Phi) is 8.31. The molecular weight excluding hydrogens is 292 g/mol. The smallest absolute Gasteiger partial charge is 0.158 e. The highest BCUT2D eigenvalue weighted by atomic mass is 79.9. The van der Waals surface area contributed by atoms with Gasteiger partial charge in [0.1, 0.15) is 0 Å². The highest BCUT2D eigenvalue weighted by Gasteiger charge is 2.12. The summed E-state index contributed by atoms with van der Waals surface area (Å²) in [7, 11) is 0.